The number of carbonyl (C=O) groups excluding carboxylic acids is 1. The van der Waals surface area contributed by atoms with Gasteiger partial charge < -0.3 is 15.4 Å². The summed E-state index contributed by atoms with van der Waals surface area (Å²) in [6, 6.07) is 8.52. The Labute approximate surface area is 182 Å². The third kappa shape index (κ3) is 5.79. The standard InChI is InChI=1S/C21H23BrFN5O2/c1-21(2,3)30-20(29)26-11-10-25-18-5-4-15(12-17(18)23)28-13-16(22)19(27-28)14-6-8-24-9-7-14/h4-9,12-13,25H,10-11H2,1-3H3,(H,26,29). The maximum atomic E-state index is 14.5. The van der Waals surface area contributed by atoms with Crippen molar-refractivity contribution < 1.29 is 13.9 Å². The van der Waals surface area contributed by atoms with Gasteiger partial charge >= 0.3 is 6.09 Å². The fourth-order valence-electron chi connectivity index (χ4n) is 2.66. The minimum absolute atomic E-state index is 0.303. The number of ether oxygens (including phenoxy) is 1. The molecule has 0 aliphatic heterocycles. The number of anilines is 1. The minimum atomic E-state index is -0.557. The van der Waals surface area contributed by atoms with E-state index in [-0.39, 0.29) is 0 Å². The quantitative estimate of drug-likeness (QED) is 0.501. The van der Waals surface area contributed by atoms with Crippen molar-refractivity contribution in [2.75, 3.05) is 18.4 Å². The van der Waals surface area contributed by atoms with Crippen molar-refractivity contribution in [3.8, 4) is 16.9 Å². The molecular formula is C21H23BrFN5O2. The predicted octanol–water partition coefficient (Wildman–Crippen LogP) is 4.77. The summed E-state index contributed by atoms with van der Waals surface area (Å²) in [6.07, 6.45) is 4.66. The number of aromatic nitrogens is 3. The molecule has 158 valence electrons. The van der Waals surface area contributed by atoms with E-state index in [1.165, 1.54) is 6.07 Å². The van der Waals surface area contributed by atoms with Gasteiger partial charge in [0.1, 0.15) is 17.1 Å². The normalized spacial score (nSPS) is 11.2. The topological polar surface area (TPSA) is 81.1 Å². The number of amides is 1. The number of hydrogen-bond acceptors (Lipinski definition) is 5. The Morgan fingerprint density at radius 2 is 1.93 bits per heavy atom. The van der Waals surface area contributed by atoms with E-state index in [2.05, 4.69) is 36.6 Å². The Balaban J connectivity index is 1.61. The van der Waals surface area contributed by atoms with E-state index in [0.29, 0.717) is 24.5 Å². The second-order valence-electron chi connectivity index (χ2n) is 7.53. The average Bonchev–Trinajstić information content (AvgIpc) is 3.07. The second kappa shape index (κ2) is 9.25. The first-order valence-corrected chi connectivity index (χ1v) is 10.2. The van der Waals surface area contributed by atoms with Crippen molar-refractivity contribution in [1.29, 1.82) is 0 Å². The van der Waals surface area contributed by atoms with E-state index in [1.807, 2.05) is 12.1 Å². The number of pyridine rings is 1. The maximum absolute atomic E-state index is 14.5. The number of carbonyl (C=O) groups is 1. The summed E-state index contributed by atoms with van der Waals surface area (Å²) in [5.74, 6) is -0.415. The summed E-state index contributed by atoms with van der Waals surface area (Å²) in [7, 11) is 0. The van der Waals surface area contributed by atoms with Gasteiger partial charge in [0.05, 0.1) is 15.8 Å². The van der Waals surface area contributed by atoms with Crippen molar-refractivity contribution in [3.63, 3.8) is 0 Å². The zero-order valence-corrected chi connectivity index (χ0v) is 18.5. The molecule has 1 amide bonds. The van der Waals surface area contributed by atoms with Crippen LogP contribution in [0, 0.1) is 5.82 Å². The van der Waals surface area contributed by atoms with Crippen LogP contribution in [-0.2, 0) is 4.74 Å². The number of nitrogens with one attached hydrogen (secondary N) is 2. The molecular weight excluding hydrogens is 453 g/mol. The monoisotopic (exact) mass is 475 g/mol. The van der Waals surface area contributed by atoms with Gasteiger partial charge in [-0.3, -0.25) is 4.98 Å². The molecule has 0 fully saturated rings. The Kier molecular flexibility index (Phi) is 6.71. The summed E-state index contributed by atoms with van der Waals surface area (Å²) in [4.78, 5) is 15.6. The molecule has 0 unspecified atom stereocenters. The molecule has 0 saturated carbocycles. The van der Waals surface area contributed by atoms with Gasteiger partial charge in [-0.1, -0.05) is 0 Å². The Morgan fingerprint density at radius 1 is 1.20 bits per heavy atom. The third-order valence-corrected chi connectivity index (χ3v) is 4.53. The predicted molar refractivity (Wildman–Crippen MR) is 117 cm³/mol. The lowest BCUT2D eigenvalue weighted by Gasteiger charge is -2.19. The van der Waals surface area contributed by atoms with Crippen LogP contribution in [0.3, 0.4) is 0 Å². The molecule has 3 aromatic rings. The molecule has 0 aliphatic carbocycles. The largest absolute Gasteiger partial charge is 0.444 e. The number of halogens is 2. The molecule has 2 N–H and O–H groups in total. The van der Waals surface area contributed by atoms with Gasteiger partial charge in [0.2, 0.25) is 0 Å². The van der Waals surface area contributed by atoms with Crippen LogP contribution in [-0.4, -0.2) is 39.5 Å². The lowest BCUT2D eigenvalue weighted by Crippen LogP contribution is -2.35. The number of nitrogens with zero attached hydrogens (tertiary/aromatic N) is 3. The molecule has 9 heteroatoms. The number of alkyl carbamates (subject to hydrolysis) is 1. The van der Waals surface area contributed by atoms with E-state index in [4.69, 9.17) is 4.74 Å². The van der Waals surface area contributed by atoms with Crippen molar-refractivity contribution in [3.05, 3.63) is 59.2 Å². The Morgan fingerprint density at radius 3 is 2.60 bits per heavy atom. The van der Waals surface area contributed by atoms with Crippen LogP contribution in [0.15, 0.2) is 53.4 Å². The second-order valence-corrected chi connectivity index (χ2v) is 8.38. The highest BCUT2D eigenvalue weighted by Crippen LogP contribution is 2.28. The molecule has 0 aliphatic rings. The SMILES string of the molecule is CC(C)(C)OC(=O)NCCNc1ccc(-n2cc(Br)c(-c3ccncc3)n2)cc1F. The van der Waals surface area contributed by atoms with E-state index < -0.39 is 17.5 Å². The first-order chi connectivity index (χ1) is 14.2. The van der Waals surface area contributed by atoms with E-state index >= 15 is 0 Å². The van der Waals surface area contributed by atoms with Crippen molar-refractivity contribution in [2.45, 2.75) is 26.4 Å². The summed E-state index contributed by atoms with van der Waals surface area (Å²) in [6.45, 7) is 6.03. The van der Waals surface area contributed by atoms with Crippen LogP contribution in [0.1, 0.15) is 20.8 Å². The van der Waals surface area contributed by atoms with Crippen molar-refractivity contribution in [2.24, 2.45) is 0 Å². The molecule has 1 aromatic carbocycles. The van der Waals surface area contributed by atoms with Gasteiger partial charge in [-0.15, -0.1) is 0 Å². The average molecular weight is 476 g/mol. The van der Waals surface area contributed by atoms with Crippen LogP contribution < -0.4 is 10.6 Å². The molecule has 2 heterocycles. The fraction of sp³-hybridized carbons (Fsp3) is 0.286. The highest BCUT2D eigenvalue weighted by molar-refractivity contribution is 9.10. The molecule has 0 bridgehead atoms. The summed E-state index contributed by atoms with van der Waals surface area (Å²) in [5.41, 5.74) is 2.02. The zero-order chi connectivity index (χ0) is 21.7. The maximum Gasteiger partial charge on any atom is 0.407 e. The number of benzene rings is 1. The highest BCUT2D eigenvalue weighted by atomic mass is 79.9. The van der Waals surface area contributed by atoms with Gasteiger partial charge in [-0.2, -0.15) is 5.10 Å². The van der Waals surface area contributed by atoms with Crippen LogP contribution in [0.2, 0.25) is 0 Å². The summed E-state index contributed by atoms with van der Waals surface area (Å²) >= 11 is 3.50. The van der Waals surface area contributed by atoms with Gasteiger partial charge in [-0.05, 0) is 61.0 Å². The molecule has 0 spiro atoms. The molecule has 7 nitrogen and oxygen atoms in total. The summed E-state index contributed by atoms with van der Waals surface area (Å²) < 4.78 is 22.1. The number of rotatable bonds is 6. The van der Waals surface area contributed by atoms with Crippen LogP contribution >= 0.6 is 15.9 Å². The molecule has 0 saturated heterocycles. The van der Waals surface area contributed by atoms with Gasteiger partial charge in [0.25, 0.3) is 0 Å². The fourth-order valence-corrected chi connectivity index (χ4v) is 3.16. The summed E-state index contributed by atoms with van der Waals surface area (Å²) in [5, 5.41) is 10.1. The first kappa shape index (κ1) is 21.8. The Bertz CT molecular complexity index is 1020. The van der Waals surface area contributed by atoms with Gasteiger partial charge in [0, 0.05) is 43.3 Å². The lowest BCUT2D eigenvalue weighted by molar-refractivity contribution is 0.0530. The first-order valence-electron chi connectivity index (χ1n) is 9.39. The third-order valence-electron chi connectivity index (χ3n) is 3.95. The number of hydrogen-bond donors (Lipinski definition) is 2. The van der Waals surface area contributed by atoms with Crippen LogP contribution in [0.4, 0.5) is 14.9 Å². The van der Waals surface area contributed by atoms with Crippen molar-refractivity contribution in [1.82, 2.24) is 20.1 Å². The minimum Gasteiger partial charge on any atom is -0.444 e. The van der Waals surface area contributed by atoms with Gasteiger partial charge in [0.15, 0.2) is 0 Å². The molecule has 0 radical (unpaired) electrons. The highest BCUT2D eigenvalue weighted by Gasteiger charge is 2.15. The van der Waals surface area contributed by atoms with E-state index in [0.717, 1.165) is 15.7 Å². The Hall–Kier alpha value is -2.94. The molecule has 3 rings (SSSR count). The lowest BCUT2D eigenvalue weighted by atomic mass is 10.2. The van der Waals surface area contributed by atoms with Crippen molar-refractivity contribution >= 4 is 27.7 Å². The van der Waals surface area contributed by atoms with Crippen LogP contribution in [0.25, 0.3) is 16.9 Å². The smallest absolute Gasteiger partial charge is 0.407 e. The zero-order valence-electron chi connectivity index (χ0n) is 16.9. The van der Waals surface area contributed by atoms with Crippen LogP contribution in [0.5, 0.6) is 0 Å². The molecule has 30 heavy (non-hydrogen) atoms. The molecule has 0 atom stereocenters. The van der Waals surface area contributed by atoms with E-state index in [1.54, 1.807) is 56.2 Å². The molecule has 2 aromatic heterocycles. The van der Waals surface area contributed by atoms with E-state index in [9.17, 15) is 9.18 Å². The van der Waals surface area contributed by atoms with Gasteiger partial charge in [-0.25, -0.2) is 13.9 Å².